The van der Waals surface area contributed by atoms with Crippen LogP contribution in [0.15, 0.2) is 60.1 Å². The van der Waals surface area contributed by atoms with Crippen molar-refractivity contribution in [3.8, 4) is 10.6 Å². The minimum absolute atomic E-state index is 0.925. The molecule has 1 aromatic heterocycles. The Morgan fingerprint density at radius 1 is 0.889 bits per heavy atom. The lowest BCUT2D eigenvalue weighted by molar-refractivity contribution is 1.10. The Hall–Kier alpha value is -2.20. The largest absolute Gasteiger partial charge is 0.355 e. The van der Waals surface area contributed by atoms with Gasteiger partial charge in [-0.3, -0.25) is 0 Å². The maximum Gasteiger partial charge on any atom is 0.149 e. The van der Waals surface area contributed by atoms with Crippen LogP contribution in [0, 0.1) is 0 Å². The van der Waals surface area contributed by atoms with Gasteiger partial charge in [0.25, 0.3) is 0 Å². The molecule has 0 spiro atoms. The molecule has 88 valence electrons. The minimum Gasteiger partial charge on any atom is -0.355 e. The van der Waals surface area contributed by atoms with E-state index in [9.17, 15) is 0 Å². The molecule has 0 saturated heterocycles. The summed E-state index contributed by atoms with van der Waals surface area (Å²) >= 11 is 1.54. The minimum atomic E-state index is 0.925. The van der Waals surface area contributed by atoms with Crippen LogP contribution in [0.1, 0.15) is 0 Å². The van der Waals surface area contributed by atoms with Crippen molar-refractivity contribution in [2.24, 2.45) is 0 Å². The molecule has 3 nitrogen and oxygen atoms in total. The number of hydrogen-bond acceptors (Lipinski definition) is 4. The van der Waals surface area contributed by atoms with Crippen LogP contribution in [0.25, 0.3) is 10.6 Å². The topological polar surface area (TPSA) is 37.8 Å². The normalized spacial score (nSPS) is 10.2. The molecule has 3 aromatic rings. The number of benzene rings is 2. The first-order chi connectivity index (χ1) is 8.93. The molecule has 0 bridgehead atoms. The summed E-state index contributed by atoms with van der Waals surface area (Å²) in [5, 5.41) is 12.3. The summed E-state index contributed by atoms with van der Waals surface area (Å²) < 4.78 is 0. The van der Waals surface area contributed by atoms with Gasteiger partial charge in [0.2, 0.25) is 0 Å². The van der Waals surface area contributed by atoms with Crippen molar-refractivity contribution in [1.82, 2.24) is 10.2 Å². The van der Waals surface area contributed by atoms with Crippen molar-refractivity contribution in [3.63, 3.8) is 0 Å². The van der Waals surface area contributed by atoms with E-state index in [-0.39, 0.29) is 0 Å². The molecule has 2 aromatic carbocycles. The molecular weight excluding hydrogens is 242 g/mol. The first-order valence-electron chi connectivity index (χ1n) is 5.61. The fourth-order valence-electron chi connectivity index (χ4n) is 1.75. The molecule has 0 aliphatic rings. The summed E-state index contributed by atoms with van der Waals surface area (Å²) in [5.74, 6) is 0. The Bertz CT molecular complexity index is 621. The maximum absolute atomic E-state index is 4.12. The molecule has 0 unspecified atom stereocenters. The van der Waals surface area contributed by atoms with Gasteiger partial charge in [-0.15, -0.1) is 10.2 Å². The lowest BCUT2D eigenvalue weighted by Gasteiger charge is -2.09. The predicted octanol–water partition coefficient (Wildman–Crippen LogP) is 3.95. The summed E-state index contributed by atoms with van der Waals surface area (Å²) in [6.45, 7) is 0. The van der Waals surface area contributed by atoms with Crippen LogP contribution < -0.4 is 5.32 Å². The molecule has 18 heavy (non-hydrogen) atoms. The zero-order valence-electron chi connectivity index (χ0n) is 9.58. The van der Waals surface area contributed by atoms with E-state index in [1.54, 1.807) is 5.51 Å². The molecular formula is C14H11N3S. The van der Waals surface area contributed by atoms with E-state index in [1.807, 2.05) is 54.6 Å². The maximum atomic E-state index is 4.12. The highest BCUT2D eigenvalue weighted by atomic mass is 32.1. The highest BCUT2D eigenvalue weighted by Crippen LogP contribution is 2.30. The molecule has 4 heteroatoms. The lowest BCUT2D eigenvalue weighted by atomic mass is 10.2. The smallest absolute Gasteiger partial charge is 0.149 e. The highest BCUT2D eigenvalue weighted by molar-refractivity contribution is 7.12. The number of para-hydroxylation sites is 2. The zero-order chi connectivity index (χ0) is 12.2. The monoisotopic (exact) mass is 253 g/mol. The number of aromatic nitrogens is 2. The fraction of sp³-hybridized carbons (Fsp3) is 0. The Balaban J connectivity index is 1.98. The fourth-order valence-corrected chi connectivity index (χ4v) is 2.34. The average molecular weight is 253 g/mol. The molecule has 0 fully saturated rings. The van der Waals surface area contributed by atoms with Crippen molar-refractivity contribution in [3.05, 3.63) is 60.1 Å². The van der Waals surface area contributed by atoms with Gasteiger partial charge in [0.05, 0.1) is 0 Å². The standard InChI is InChI=1S/C14H11N3S/c1-2-6-11(7-3-1)16-13-9-5-4-8-12(13)14-17-15-10-18-14/h1-10,16H. The number of rotatable bonds is 3. The molecule has 1 heterocycles. The van der Waals surface area contributed by atoms with E-state index < -0.39 is 0 Å². The lowest BCUT2D eigenvalue weighted by Crippen LogP contribution is -1.92. The number of hydrogen-bond donors (Lipinski definition) is 1. The molecule has 0 amide bonds. The predicted molar refractivity (Wildman–Crippen MR) is 75.1 cm³/mol. The van der Waals surface area contributed by atoms with Crippen molar-refractivity contribution >= 4 is 22.7 Å². The quantitative estimate of drug-likeness (QED) is 0.768. The van der Waals surface area contributed by atoms with Crippen LogP contribution in [-0.2, 0) is 0 Å². The van der Waals surface area contributed by atoms with Crippen LogP contribution in [0.3, 0.4) is 0 Å². The van der Waals surface area contributed by atoms with E-state index in [2.05, 4.69) is 15.5 Å². The van der Waals surface area contributed by atoms with E-state index in [0.29, 0.717) is 0 Å². The van der Waals surface area contributed by atoms with Crippen molar-refractivity contribution in [2.45, 2.75) is 0 Å². The summed E-state index contributed by atoms with van der Waals surface area (Å²) in [7, 11) is 0. The third kappa shape index (κ3) is 2.24. The first-order valence-corrected chi connectivity index (χ1v) is 6.49. The van der Waals surface area contributed by atoms with Gasteiger partial charge in [-0.1, -0.05) is 41.7 Å². The van der Waals surface area contributed by atoms with Gasteiger partial charge < -0.3 is 5.32 Å². The average Bonchev–Trinajstić information content (AvgIpc) is 2.94. The van der Waals surface area contributed by atoms with E-state index in [0.717, 1.165) is 21.9 Å². The van der Waals surface area contributed by atoms with Crippen LogP contribution in [0.4, 0.5) is 11.4 Å². The Morgan fingerprint density at radius 2 is 1.67 bits per heavy atom. The second kappa shape index (κ2) is 4.98. The second-order valence-electron chi connectivity index (χ2n) is 3.78. The van der Waals surface area contributed by atoms with Gasteiger partial charge in [0.15, 0.2) is 0 Å². The van der Waals surface area contributed by atoms with Crippen LogP contribution >= 0.6 is 11.3 Å². The van der Waals surface area contributed by atoms with Crippen LogP contribution in [0.2, 0.25) is 0 Å². The number of anilines is 2. The molecule has 0 aliphatic heterocycles. The molecule has 0 radical (unpaired) electrons. The third-order valence-corrected chi connectivity index (χ3v) is 3.29. The van der Waals surface area contributed by atoms with E-state index in [1.165, 1.54) is 11.3 Å². The Morgan fingerprint density at radius 3 is 2.44 bits per heavy atom. The Kier molecular flexibility index (Phi) is 3.02. The summed E-state index contributed by atoms with van der Waals surface area (Å²) in [4.78, 5) is 0. The van der Waals surface area contributed by atoms with Gasteiger partial charge in [-0.25, -0.2) is 0 Å². The SMILES string of the molecule is c1ccc(Nc2ccccc2-c2nncs2)cc1. The van der Waals surface area contributed by atoms with Crippen LogP contribution in [0.5, 0.6) is 0 Å². The summed E-state index contributed by atoms with van der Waals surface area (Å²) in [5.41, 5.74) is 4.92. The van der Waals surface area contributed by atoms with Crippen molar-refractivity contribution in [1.29, 1.82) is 0 Å². The van der Waals surface area contributed by atoms with Gasteiger partial charge in [0.1, 0.15) is 10.5 Å². The molecule has 1 N–H and O–H groups in total. The summed E-state index contributed by atoms with van der Waals surface area (Å²) in [6, 6.07) is 18.2. The van der Waals surface area contributed by atoms with Crippen molar-refractivity contribution < 1.29 is 0 Å². The number of nitrogens with one attached hydrogen (secondary N) is 1. The zero-order valence-corrected chi connectivity index (χ0v) is 10.4. The summed E-state index contributed by atoms with van der Waals surface area (Å²) in [6.07, 6.45) is 0. The van der Waals surface area contributed by atoms with Gasteiger partial charge in [-0.2, -0.15) is 0 Å². The number of nitrogens with zero attached hydrogens (tertiary/aromatic N) is 2. The molecule has 0 aliphatic carbocycles. The van der Waals surface area contributed by atoms with Gasteiger partial charge in [-0.05, 0) is 24.3 Å². The molecule has 0 saturated carbocycles. The van der Waals surface area contributed by atoms with E-state index in [4.69, 9.17) is 0 Å². The van der Waals surface area contributed by atoms with E-state index >= 15 is 0 Å². The molecule has 0 atom stereocenters. The van der Waals surface area contributed by atoms with Gasteiger partial charge in [0, 0.05) is 16.9 Å². The second-order valence-corrected chi connectivity index (χ2v) is 4.61. The van der Waals surface area contributed by atoms with Crippen LogP contribution in [-0.4, -0.2) is 10.2 Å². The Labute approximate surface area is 109 Å². The van der Waals surface area contributed by atoms with Gasteiger partial charge >= 0.3 is 0 Å². The molecule has 3 rings (SSSR count). The van der Waals surface area contributed by atoms with Crippen molar-refractivity contribution in [2.75, 3.05) is 5.32 Å². The highest BCUT2D eigenvalue weighted by Gasteiger charge is 2.07. The first kappa shape index (κ1) is 10.9. The third-order valence-electron chi connectivity index (χ3n) is 2.57.